The minimum absolute atomic E-state index is 0.187. The Morgan fingerprint density at radius 2 is 2.04 bits per heavy atom. The van der Waals surface area contributed by atoms with Crippen LogP contribution in [0.3, 0.4) is 0 Å². The number of nitrogens with zero attached hydrogens (tertiary/aromatic N) is 4. The molecule has 1 saturated carbocycles. The van der Waals surface area contributed by atoms with Crippen molar-refractivity contribution in [2.45, 2.75) is 51.3 Å². The number of aliphatic hydroxyl groups is 1. The molecule has 0 aliphatic heterocycles. The Hall–Kier alpha value is -2.87. The second-order valence-corrected chi connectivity index (χ2v) is 7.11. The lowest BCUT2D eigenvalue weighted by atomic mass is 9.93. The molecule has 0 spiro atoms. The summed E-state index contributed by atoms with van der Waals surface area (Å²) in [6, 6.07) is 7.97. The highest BCUT2D eigenvalue weighted by Gasteiger charge is 2.21. The fourth-order valence-electron chi connectivity index (χ4n) is 3.57. The zero-order valence-corrected chi connectivity index (χ0v) is 16.2. The Kier molecular flexibility index (Phi) is 5.29. The summed E-state index contributed by atoms with van der Waals surface area (Å²) < 4.78 is 7.31. The van der Waals surface area contributed by atoms with E-state index in [2.05, 4.69) is 22.5 Å². The number of benzene rings is 1. The first-order valence-corrected chi connectivity index (χ1v) is 9.74. The van der Waals surface area contributed by atoms with Crippen LogP contribution in [0.5, 0.6) is 5.75 Å². The molecule has 1 aliphatic carbocycles. The molecule has 0 bridgehead atoms. The van der Waals surface area contributed by atoms with E-state index in [1.165, 1.54) is 0 Å². The van der Waals surface area contributed by atoms with Crippen LogP contribution < -0.4 is 15.4 Å². The molecule has 28 heavy (non-hydrogen) atoms. The van der Waals surface area contributed by atoms with Crippen LogP contribution >= 0.6 is 0 Å². The number of anilines is 3. The lowest BCUT2D eigenvalue weighted by molar-refractivity contribution is 0.126. The standard InChI is InChI=1S/C20H26N6O2/c1-3-26-12-21-17-18(22-14-5-4-6-16(11-14)28-2)24-20(25-19(17)26)23-13-7-9-15(27)10-8-13/h4-6,11-13,15,27H,3,7-10H2,1-2H3,(H2,22,23,24,25). The van der Waals surface area contributed by atoms with Crippen molar-refractivity contribution in [2.24, 2.45) is 0 Å². The number of ether oxygens (including phenoxy) is 1. The number of rotatable bonds is 6. The molecule has 3 aromatic rings. The first kappa shape index (κ1) is 18.5. The van der Waals surface area contributed by atoms with Gasteiger partial charge in [-0.25, -0.2) is 4.98 Å². The van der Waals surface area contributed by atoms with E-state index >= 15 is 0 Å². The minimum atomic E-state index is -0.187. The number of hydrogen-bond acceptors (Lipinski definition) is 7. The van der Waals surface area contributed by atoms with Gasteiger partial charge in [0.25, 0.3) is 0 Å². The van der Waals surface area contributed by atoms with Gasteiger partial charge in [0.05, 0.1) is 19.5 Å². The maximum atomic E-state index is 9.74. The highest BCUT2D eigenvalue weighted by Crippen LogP contribution is 2.27. The van der Waals surface area contributed by atoms with Gasteiger partial charge in [0.2, 0.25) is 5.95 Å². The number of aromatic nitrogens is 4. The molecule has 3 N–H and O–H groups in total. The SMILES string of the molecule is CCn1cnc2c(Nc3cccc(OC)c3)nc(NC3CCC(O)CC3)nc21. The van der Waals surface area contributed by atoms with Gasteiger partial charge in [-0.1, -0.05) is 6.07 Å². The number of aliphatic hydroxyl groups excluding tert-OH is 1. The second kappa shape index (κ2) is 8.02. The summed E-state index contributed by atoms with van der Waals surface area (Å²) in [5.74, 6) is 2.01. The smallest absolute Gasteiger partial charge is 0.227 e. The number of methoxy groups -OCH3 is 1. The van der Waals surface area contributed by atoms with Crippen LogP contribution in [-0.4, -0.2) is 43.9 Å². The lowest BCUT2D eigenvalue weighted by Gasteiger charge is -2.26. The summed E-state index contributed by atoms with van der Waals surface area (Å²) in [4.78, 5) is 13.9. The van der Waals surface area contributed by atoms with Gasteiger partial charge in [-0.05, 0) is 44.7 Å². The number of hydrogen-bond donors (Lipinski definition) is 3. The molecule has 0 atom stereocenters. The van der Waals surface area contributed by atoms with Gasteiger partial charge in [-0.15, -0.1) is 0 Å². The maximum Gasteiger partial charge on any atom is 0.227 e. The molecule has 1 aliphatic rings. The molecule has 2 heterocycles. The van der Waals surface area contributed by atoms with Crippen molar-refractivity contribution in [1.82, 2.24) is 19.5 Å². The van der Waals surface area contributed by atoms with Crippen molar-refractivity contribution in [2.75, 3.05) is 17.7 Å². The Morgan fingerprint density at radius 3 is 2.79 bits per heavy atom. The largest absolute Gasteiger partial charge is 0.497 e. The fraction of sp³-hybridized carbons (Fsp3) is 0.450. The predicted molar refractivity (Wildman–Crippen MR) is 109 cm³/mol. The Labute approximate surface area is 164 Å². The summed E-state index contributed by atoms with van der Waals surface area (Å²) >= 11 is 0. The number of aryl methyl sites for hydroxylation is 1. The lowest BCUT2D eigenvalue weighted by Crippen LogP contribution is -2.29. The molecule has 0 radical (unpaired) electrons. The molecule has 148 valence electrons. The molecular formula is C20H26N6O2. The van der Waals surface area contributed by atoms with Crippen LogP contribution in [0, 0.1) is 0 Å². The summed E-state index contributed by atoms with van der Waals surface area (Å²) in [5, 5.41) is 16.5. The van der Waals surface area contributed by atoms with E-state index in [9.17, 15) is 5.11 Å². The van der Waals surface area contributed by atoms with Crippen molar-refractivity contribution in [1.29, 1.82) is 0 Å². The summed E-state index contributed by atoms with van der Waals surface area (Å²) in [7, 11) is 1.65. The van der Waals surface area contributed by atoms with Crippen LogP contribution in [0.2, 0.25) is 0 Å². The quantitative estimate of drug-likeness (QED) is 0.602. The van der Waals surface area contributed by atoms with Gasteiger partial charge in [0.1, 0.15) is 5.75 Å². The zero-order chi connectivity index (χ0) is 19.5. The van der Waals surface area contributed by atoms with E-state index in [0.717, 1.165) is 54.8 Å². The van der Waals surface area contributed by atoms with E-state index < -0.39 is 0 Å². The van der Waals surface area contributed by atoms with Gasteiger partial charge < -0.3 is 25.0 Å². The first-order chi connectivity index (χ1) is 13.7. The minimum Gasteiger partial charge on any atom is -0.497 e. The van der Waals surface area contributed by atoms with Gasteiger partial charge in [-0.3, -0.25) is 0 Å². The van der Waals surface area contributed by atoms with Gasteiger partial charge >= 0.3 is 0 Å². The highest BCUT2D eigenvalue weighted by molar-refractivity contribution is 5.86. The third-order valence-corrected chi connectivity index (χ3v) is 5.17. The van der Waals surface area contributed by atoms with E-state index in [1.807, 2.05) is 28.8 Å². The molecule has 1 fully saturated rings. The van der Waals surface area contributed by atoms with Crippen molar-refractivity contribution in [3.63, 3.8) is 0 Å². The van der Waals surface area contributed by atoms with Crippen molar-refractivity contribution in [3.05, 3.63) is 30.6 Å². The average Bonchev–Trinajstić information content (AvgIpc) is 3.13. The number of nitrogens with one attached hydrogen (secondary N) is 2. The number of fused-ring (bicyclic) bond motifs is 1. The van der Waals surface area contributed by atoms with E-state index in [0.29, 0.717) is 11.8 Å². The van der Waals surface area contributed by atoms with Gasteiger partial charge in [-0.2, -0.15) is 9.97 Å². The number of imidazole rings is 1. The Morgan fingerprint density at radius 1 is 1.21 bits per heavy atom. The van der Waals surface area contributed by atoms with Gasteiger partial charge in [0.15, 0.2) is 17.0 Å². The maximum absolute atomic E-state index is 9.74. The third kappa shape index (κ3) is 3.87. The Balaban J connectivity index is 1.66. The third-order valence-electron chi connectivity index (χ3n) is 5.17. The normalized spacial score (nSPS) is 19.5. The topological polar surface area (TPSA) is 97.1 Å². The molecule has 2 aromatic heterocycles. The molecule has 0 amide bonds. The average molecular weight is 382 g/mol. The Bertz CT molecular complexity index is 949. The van der Waals surface area contributed by atoms with Gasteiger partial charge in [0, 0.05) is 24.3 Å². The monoisotopic (exact) mass is 382 g/mol. The molecule has 0 unspecified atom stereocenters. The first-order valence-electron chi connectivity index (χ1n) is 9.74. The zero-order valence-electron chi connectivity index (χ0n) is 16.2. The highest BCUT2D eigenvalue weighted by atomic mass is 16.5. The fourth-order valence-corrected chi connectivity index (χ4v) is 3.57. The summed E-state index contributed by atoms with van der Waals surface area (Å²) in [5.41, 5.74) is 2.40. The second-order valence-electron chi connectivity index (χ2n) is 7.11. The van der Waals surface area contributed by atoms with E-state index in [4.69, 9.17) is 14.7 Å². The molecule has 8 heteroatoms. The van der Waals surface area contributed by atoms with Crippen LogP contribution in [0.25, 0.3) is 11.2 Å². The summed E-state index contributed by atoms with van der Waals surface area (Å²) in [6.07, 6.45) is 5.04. The molecule has 8 nitrogen and oxygen atoms in total. The molecule has 4 rings (SSSR count). The van der Waals surface area contributed by atoms with Crippen LogP contribution in [0.4, 0.5) is 17.5 Å². The summed E-state index contributed by atoms with van der Waals surface area (Å²) in [6.45, 7) is 2.84. The van der Waals surface area contributed by atoms with E-state index in [1.54, 1.807) is 13.4 Å². The predicted octanol–water partition coefficient (Wildman–Crippen LogP) is 3.31. The van der Waals surface area contributed by atoms with Crippen LogP contribution in [0.1, 0.15) is 32.6 Å². The molecule has 1 aromatic carbocycles. The van der Waals surface area contributed by atoms with Crippen LogP contribution in [-0.2, 0) is 6.54 Å². The molecule has 0 saturated heterocycles. The molecular weight excluding hydrogens is 356 g/mol. The van der Waals surface area contributed by atoms with Crippen molar-refractivity contribution < 1.29 is 9.84 Å². The van der Waals surface area contributed by atoms with E-state index in [-0.39, 0.29) is 12.1 Å². The van der Waals surface area contributed by atoms with Crippen molar-refractivity contribution >= 4 is 28.6 Å². The van der Waals surface area contributed by atoms with Crippen LogP contribution in [0.15, 0.2) is 30.6 Å². The van der Waals surface area contributed by atoms with Crippen molar-refractivity contribution in [3.8, 4) is 5.75 Å².